The molecule has 0 N–H and O–H groups in total. The average molecular weight is 680 g/mol. The van der Waals surface area contributed by atoms with Crippen LogP contribution in [0.25, 0.3) is 75.1 Å². The lowest BCUT2D eigenvalue weighted by atomic mass is 9.84. The Kier molecular flexibility index (Phi) is 7.41. The first-order chi connectivity index (χ1) is 25.8. The minimum Gasteiger partial charge on any atom is -0.310 e. The molecule has 0 aliphatic rings. The minimum atomic E-state index is 1.12. The highest BCUT2D eigenvalue weighted by Crippen LogP contribution is 2.46. The third kappa shape index (κ3) is 5.16. The van der Waals surface area contributed by atoms with Crippen molar-refractivity contribution in [3.05, 3.63) is 200 Å². The molecule has 0 fully saturated rings. The molecule has 0 amide bonds. The van der Waals surface area contributed by atoms with Gasteiger partial charge in [0.05, 0.1) is 0 Å². The number of nitrogens with zero attached hydrogens (tertiary/aromatic N) is 1. The molecule has 0 aliphatic carbocycles. The van der Waals surface area contributed by atoms with Crippen molar-refractivity contribution < 1.29 is 0 Å². The molecule has 1 aromatic heterocycles. The van der Waals surface area contributed by atoms with E-state index in [1.807, 2.05) is 11.3 Å². The van der Waals surface area contributed by atoms with E-state index in [-0.39, 0.29) is 0 Å². The fourth-order valence-electron chi connectivity index (χ4n) is 7.88. The minimum absolute atomic E-state index is 1.12. The number of anilines is 3. The Morgan fingerprint density at radius 1 is 0.269 bits per heavy atom. The van der Waals surface area contributed by atoms with Gasteiger partial charge in [0.15, 0.2) is 0 Å². The molecule has 244 valence electrons. The fraction of sp³-hybridized carbons (Fsp3) is 0. The zero-order valence-electron chi connectivity index (χ0n) is 28.4. The van der Waals surface area contributed by atoms with Gasteiger partial charge >= 0.3 is 0 Å². The molecule has 2 heteroatoms. The van der Waals surface area contributed by atoms with Gasteiger partial charge in [-0.25, -0.2) is 0 Å². The summed E-state index contributed by atoms with van der Waals surface area (Å²) in [6.07, 6.45) is 0. The van der Waals surface area contributed by atoms with Crippen LogP contribution < -0.4 is 4.90 Å². The second-order valence-electron chi connectivity index (χ2n) is 13.3. The zero-order valence-corrected chi connectivity index (χ0v) is 29.2. The van der Waals surface area contributed by atoms with E-state index >= 15 is 0 Å². The van der Waals surface area contributed by atoms with Gasteiger partial charge in [-0.15, -0.1) is 11.3 Å². The molecule has 1 nitrogen and oxygen atoms in total. The van der Waals surface area contributed by atoms with Gasteiger partial charge in [-0.1, -0.05) is 152 Å². The summed E-state index contributed by atoms with van der Waals surface area (Å²) in [5, 5.41) is 7.67. The van der Waals surface area contributed by atoms with Crippen molar-refractivity contribution in [3.8, 4) is 33.4 Å². The number of rotatable bonds is 6. The van der Waals surface area contributed by atoms with Gasteiger partial charge < -0.3 is 4.90 Å². The van der Waals surface area contributed by atoms with E-state index in [0.29, 0.717) is 0 Å². The summed E-state index contributed by atoms with van der Waals surface area (Å²) in [4.78, 5) is 2.38. The molecule has 0 unspecified atom stereocenters. The van der Waals surface area contributed by atoms with Crippen molar-refractivity contribution in [1.82, 2.24) is 0 Å². The average Bonchev–Trinajstić information content (AvgIpc) is 3.59. The fourth-order valence-corrected chi connectivity index (χ4v) is 9.02. The Bertz CT molecular complexity index is 2890. The molecule has 0 aliphatic heterocycles. The van der Waals surface area contributed by atoms with Gasteiger partial charge in [-0.05, 0) is 103 Å². The van der Waals surface area contributed by atoms with Crippen LogP contribution in [-0.2, 0) is 0 Å². The van der Waals surface area contributed by atoms with Crippen molar-refractivity contribution in [2.75, 3.05) is 4.90 Å². The lowest BCUT2D eigenvalue weighted by molar-refractivity contribution is 1.29. The maximum atomic E-state index is 2.41. The molecule has 0 saturated heterocycles. The van der Waals surface area contributed by atoms with Gasteiger partial charge in [-0.2, -0.15) is 0 Å². The van der Waals surface area contributed by atoms with E-state index in [1.54, 1.807) is 0 Å². The smallest absolute Gasteiger partial charge is 0.0476 e. The quantitative estimate of drug-likeness (QED) is 0.158. The summed E-state index contributed by atoms with van der Waals surface area (Å²) in [6.45, 7) is 0. The van der Waals surface area contributed by atoms with E-state index < -0.39 is 0 Å². The number of fused-ring (bicyclic) bond motifs is 6. The molecule has 10 rings (SSSR count). The van der Waals surface area contributed by atoms with Gasteiger partial charge in [-0.3, -0.25) is 0 Å². The van der Waals surface area contributed by atoms with Crippen LogP contribution in [-0.4, -0.2) is 0 Å². The highest BCUT2D eigenvalue weighted by Gasteiger charge is 2.19. The number of hydrogen-bond acceptors (Lipinski definition) is 2. The summed E-state index contributed by atoms with van der Waals surface area (Å²) in [5.74, 6) is 0. The first-order valence-corrected chi connectivity index (χ1v) is 18.6. The SMILES string of the molecule is c1ccc(-c2c(-c3ccccc3)c3cc(-c4cccc(N(c5ccccc5)c5ccc6c(c5)sc5ccccc56)c4)ccc3c3ccccc23)cc1. The van der Waals surface area contributed by atoms with Gasteiger partial charge in [0.2, 0.25) is 0 Å². The molecule has 10 aromatic rings. The number of thiophene rings is 1. The lowest BCUT2D eigenvalue weighted by Crippen LogP contribution is -2.09. The van der Waals surface area contributed by atoms with Crippen LogP contribution in [0.3, 0.4) is 0 Å². The summed E-state index contributed by atoms with van der Waals surface area (Å²) in [6, 6.07) is 72.9. The van der Waals surface area contributed by atoms with Crippen molar-refractivity contribution >= 4 is 70.1 Å². The Labute approximate surface area is 307 Å². The molecule has 9 aromatic carbocycles. The van der Waals surface area contributed by atoms with E-state index in [2.05, 4.69) is 205 Å². The molecular formula is C50H33NS. The number of hydrogen-bond donors (Lipinski definition) is 0. The van der Waals surface area contributed by atoms with Crippen molar-refractivity contribution in [3.63, 3.8) is 0 Å². The monoisotopic (exact) mass is 679 g/mol. The Morgan fingerprint density at radius 3 is 1.52 bits per heavy atom. The van der Waals surface area contributed by atoms with Gasteiger partial charge in [0, 0.05) is 37.2 Å². The third-order valence-corrected chi connectivity index (χ3v) is 11.4. The van der Waals surface area contributed by atoms with Crippen LogP contribution in [0.1, 0.15) is 0 Å². The van der Waals surface area contributed by atoms with Gasteiger partial charge in [0.1, 0.15) is 0 Å². The summed E-state index contributed by atoms with van der Waals surface area (Å²) in [7, 11) is 0. The highest BCUT2D eigenvalue weighted by molar-refractivity contribution is 7.25. The van der Waals surface area contributed by atoms with Crippen molar-refractivity contribution in [1.29, 1.82) is 0 Å². The molecule has 0 radical (unpaired) electrons. The molecule has 0 spiro atoms. The zero-order chi connectivity index (χ0) is 34.4. The third-order valence-electron chi connectivity index (χ3n) is 10.2. The molecular weight excluding hydrogens is 647 g/mol. The largest absolute Gasteiger partial charge is 0.310 e. The molecule has 0 bridgehead atoms. The highest BCUT2D eigenvalue weighted by atomic mass is 32.1. The number of benzene rings is 9. The van der Waals surface area contributed by atoms with Crippen LogP contribution >= 0.6 is 11.3 Å². The Morgan fingerprint density at radius 2 is 0.769 bits per heavy atom. The first-order valence-electron chi connectivity index (χ1n) is 17.8. The standard InChI is InChI=1S/C50H33NS/c1-4-15-34(16-5-1)49-45-25-11-10-23-41(45)42-29-27-37(32-46(42)50(49)35-17-6-2-7-18-35)36-19-14-22-39(31-36)51(38-20-8-3-9-21-38)40-28-30-44-43-24-12-13-26-47(43)52-48(44)33-40/h1-33H. The van der Waals surface area contributed by atoms with Crippen LogP contribution in [0, 0.1) is 0 Å². The van der Waals surface area contributed by atoms with Gasteiger partial charge in [0.25, 0.3) is 0 Å². The summed E-state index contributed by atoms with van der Waals surface area (Å²) in [5.41, 5.74) is 10.7. The predicted molar refractivity (Wildman–Crippen MR) is 225 cm³/mol. The van der Waals surface area contributed by atoms with E-state index in [4.69, 9.17) is 0 Å². The van der Waals surface area contributed by atoms with Crippen molar-refractivity contribution in [2.45, 2.75) is 0 Å². The van der Waals surface area contributed by atoms with Crippen LogP contribution in [0.2, 0.25) is 0 Å². The van der Waals surface area contributed by atoms with E-state index in [1.165, 1.54) is 75.1 Å². The number of para-hydroxylation sites is 1. The Hall–Kier alpha value is -6.48. The summed E-state index contributed by atoms with van der Waals surface area (Å²) >= 11 is 1.86. The topological polar surface area (TPSA) is 3.24 Å². The lowest BCUT2D eigenvalue weighted by Gasteiger charge is -2.26. The summed E-state index contributed by atoms with van der Waals surface area (Å²) < 4.78 is 2.61. The predicted octanol–water partition coefficient (Wildman–Crippen LogP) is 14.8. The molecule has 0 atom stereocenters. The van der Waals surface area contributed by atoms with Crippen LogP contribution in [0.15, 0.2) is 200 Å². The maximum absolute atomic E-state index is 2.41. The first kappa shape index (κ1) is 30.4. The second kappa shape index (κ2) is 12.7. The maximum Gasteiger partial charge on any atom is 0.0476 e. The molecule has 52 heavy (non-hydrogen) atoms. The molecule has 1 heterocycles. The van der Waals surface area contributed by atoms with E-state index in [9.17, 15) is 0 Å². The normalized spacial score (nSPS) is 11.5. The second-order valence-corrected chi connectivity index (χ2v) is 14.4. The molecule has 0 saturated carbocycles. The van der Waals surface area contributed by atoms with E-state index in [0.717, 1.165) is 17.1 Å². The van der Waals surface area contributed by atoms with Crippen LogP contribution in [0.5, 0.6) is 0 Å². The Balaban J connectivity index is 1.18. The van der Waals surface area contributed by atoms with Crippen molar-refractivity contribution in [2.24, 2.45) is 0 Å². The van der Waals surface area contributed by atoms with Crippen LogP contribution in [0.4, 0.5) is 17.1 Å².